The molecule has 4 nitrogen and oxygen atoms in total. The Hall–Kier alpha value is -1.29. The molecule has 0 bridgehead atoms. The number of hydrogen-bond acceptors (Lipinski definition) is 2. The number of anilines is 1. The van der Waals surface area contributed by atoms with Crippen molar-refractivity contribution in [1.29, 1.82) is 0 Å². The highest BCUT2D eigenvalue weighted by Gasteiger charge is 2.62. The van der Waals surface area contributed by atoms with Crippen LogP contribution in [0, 0.1) is 17.3 Å². The second kappa shape index (κ2) is 3.85. The number of hydrogen-bond donors (Lipinski definition) is 1. The second-order valence-electron chi connectivity index (χ2n) is 5.73. The molecule has 96 valence electrons. The zero-order chi connectivity index (χ0) is 12.9. The van der Waals surface area contributed by atoms with E-state index >= 15 is 0 Å². The van der Waals surface area contributed by atoms with Gasteiger partial charge in [-0.2, -0.15) is 0 Å². The summed E-state index contributed by atoms with van der Waals surface area (Å²) in [6, 6.07) is 3.26. The lowest BCUT2D eigenvalue weighted by molar-refractivity contribution is 0.209. The van der Waals surface area contributed by atoms with Gasteiger partial charge < -0.3 is 4.90 Å². The number of halogens is 1. The molecule has 3 rings (SSSR count). The third-order valence-corrected chi connectivity index (χ3v) is 4.60. The molecule has 5 heteroatoms. The predicted octanol–water partition coefficient (Wildman–Crippen LogP) is 2.85. The van der Waals surface area contributed by atoms with Gasteiger partial charge in [-0.1, -0.05) is 25.4 Å². The van der Waals surface area contributed by atoms with Crippen molar-refractivity contribution in [2.24, 2.45) is 17.3 Å². The summed E-state index contributed by atoms with van der Waals surface area (Å²) in [5.74, 6) is 1.83. The predicted molar refractivity (Wildman–Crippen MR) is 70.6 cm³/mol. The molecule has 2 atom stereocenters. The van der Waals surface area contributed by atoms with Crippen LogP contribution in [-0.2, 0) is 0 Å². The van der Waals surface area contributed by atoms with E-state index in [0.29, 0.717) is 28.1 Å². The van der Waals surface area contributed by atoms with Gasteiger partial charge in [0, 0.05) is 24.3 Å². The zero-order valence-corrected chi connectivity index (χ0v) is 11.2. The van der Waals surface area contributed by atoms with E-state index in [0.717, 1.165) is 13.1 Å². The minimum Gasteiger partial charge on any atom is -0.324 e. The Kier molecular flexibility index (Phi) is 2.52. The monoisotopic (exact) mass is 265 g/mol. The standard InChI is InChI=1S/C13H16ClN3O/c1-13(2)9-6-17(7-10(9)13)12(18)16-11-5-8(14)3-4-15-11/h3-5,9-10H,6-7H2,1-2H3,(H,15,16,18). The molecule has 1 saturated carbocycles. The van der Waals surface area contributed by atoms with Gasteiger partial charge in [0.1, 0.15) is 5.82 Å². The molecule has 2 aliphatic rings. The molecular formula is C13H16ClN3O. The Morgan fingerprint density at radius 3 is 2.78 bits per heavy atom. The number of carbonyl (C=O) groups excluding carboxylic acids is 1. The summed E-state index contributed by atoms with van der Waals surface area (Å²) in [6.45, 7) is 6.25. The molecule has 1 aliphatic heterocycles. The molecule has 0 radical (unpaired) electrons. The average Bonchev–Trinajstić information content (AvgIpc) is 2.69. The van der Waals surface area contributed by atoms with Crippen molar-refractivity contribution >= 4 is 23.4 Å². The van der Waals surface area contributed by atoms with Crippen LogP contribution < -0.4 is 5.32 Å². The fourth-order valence-corrected chi connectivity index (χ4v) is 3.12. The summed E-state index contributed by atoms with van der Waals surface area (Å²) in [5.41, 5.74) is 0.422. The molecule has 0 spiro atoms. The molecule has 1 saturated heterocycles. The van der Waals surface area contributed by atoms with Crippen molar-refractivity contribution < 1.29 is 4.79 Å². The van der Waals surface area contributed by atoms with Gasteiger partial charge in [0.2, 0.25) is 0 Å². The number of piperidine rings is 1. The van der Waals surface area contributed by atoms with Crippen molar-refractivity contribution in [1.82, 2.24) is 9.88 Å². The Labute approximate surface area is 111 Å². The van der Waals surface area contributed by atoms with Gasteiger partial charge in [0.15, 0.2) is 0 Å². The van der Waals surface area contributed by atoms with E-state index in [1.807, 2.05) is 4.90 Å². The fourth-order valence-electron chi connectivity index (χ4n) is 2.96. The Morgan fingerprint density at radius 2 is 2.17 bits per heavy atom. The number of nitrogens with one attached hydrogen (secondary N) is 1. The van der Waals surface area contributed by atoms with E-state index in [1.165, 1.54) is 0 Å². The number of pyridine rings is 1. The molecule has 1 aromatic rings. The summed E-state index contributed by atoms with van der Waals surface area (Å²) in [5, 5.41) is 3.36. The number of aromatic nitrogens is 1. The first-order chi connectivity index (χ1) is 8.48. The summed E-state index contributed by atoms with van der Waals surface area (Å²) in [6.07, 6.45) is 1.59. The number of urea groups is 1. The smallest absolute Gasteiger partial charge is 0.323 e. The van der Waals surface area contributed by atoms with Crippen LogP contribution in [0.15, 0.2) is 18.3 Å². The molecule has 1 aromatic heterocycles. The van der Waals surface area contributed by atoms with E-state index in [4.69, 9.17) is 11.6 Å². The van der Waals surface area contributed by atoms with Crippen LogP contribution in [0.5, 0.6) is 0 Å². The topological polar surface area (TPSA) is 45.2 Å². The number of nitrogens with zero attached hydrogens (tertiary/aromatic N) is 2. The molecule has 2 fully saturated rings. The van der Waals surface area contributed by atoms with E-state index < -0.39 is 0 Å². The molecule has 2 amide bonds. The summed E-state index contributed by atoms with van der Waals surface area (Å²) < 4.78 is 0. The lowest BCUT2D eigenvalue weighted by atomic mass is 10.1. The first kappa shape index (κ1) is 11.8. The Morgan fingerprint density at radius 1 is 1.50 bits per heavy atom. The van der Waals surface area contributed by atoms with Gasteiger partial charge in [0.25, 0.3) is 0 Å². The van der Waals surface area contributed by atoms with E-state index in [-0.39, 0.29) is 6.03 Å². The summed E-state index contributed by atoms with van der Waals surface area (Å²) >= 11 is 5.85. The van der Waals surface area contributed by atoms with Gasteiger partial charge >= 0.3 is 6.03 Å². The molecule has 2 unspecified atom stereocenters. The highest BCUT2D eigenvalue weighted by molar-refractivity contribution is 6.30. The van der Waals surface area contributed by atoms with E-state index in [9.17, 15) is 4.79 Å². The van der Waals surface area contributed by atoms with Crippen LogP contribution in [0.2, 0.25) is 5.02 Å². The minimum absolute atomic E-state index is 0.0761. The lowest BCUT2D eigenvalue weighted by Gasteiger charge is -2.22. The molecule has 2 heterocycles. The van der Waals surface area contributed by atoms with Gasteiger partial charge in [-0.3, -0.25) is 5.32 Å². The Bertz CT molecular complexity index is 489. The van der Waals surface area contributed by atoms with Gasteiger partial charge in [-0.25, -0.2) is 9.78 Å². The van der Waals surface area contributed by atoms with E-state index in [1.54, 1.807) is 18.3 Å². The third kappa shape index (κ3) is 1.85. The van der Waals surface area contributed by atoms with Gasteiger partial charge in [-0.15, -0.1) is 0 Å². The van der Waals surface area contributed by atoms with Crippen LogP contribution in [0.4, 0.5) is 10.6 Å². The molecule has 0 aromatic carbocycles. The summed E-state index contributed by atoms with van der Waals surface area (Å²) in [4.78, 5) is 18.0. The maximum absolute atomic E-state index is 12.0. The van der Waals surface area contributed by atoms with Crippen LogP contribution in [0.3, 0.4) is 0 Å². The normalized spacial score (nSPS) is 27.8. The van der Waals surface area contributed by atoms with Gasteiger partial charge in [0.05, 0.1) is 0 Å². The number of amides is 2. The fraction of sp³-hybridized carbons (Fsp3) is 0.538. The van der Waals surface area contributed by atoms with Crippen LogP contribution in [-0.4, -0.2) is 29.0 Å². The SMILES string of the molecule is CC1(C)C2CN(C(=O)Nc3cc(Cl)ccn3)CC21. The molecule has 18 heavy (non-hydrogen) atoms. The first-order valence-corrected chi connectivity index (χ1v) is 6.54. The van der Waals surface area contributed by atoms with Gasteiger partial charge in [-0.05, 0) is 29.4 Å². The maximum Gasteiger partial charge on any atom is 0.323 e. The third-order valence-electron chi connectivity index (χ3n) is 4.37. The molecular weight excluding hydrogens is 250 g/mol. The quantitative estimate of drug-likeness (QED) is 0.849. The van der Waals surface area contributed by atoms with Crippen LogP contribution in [0.1, 0.15) is 13.8 Å². The number of rotatable bonds is 1. The number of carbonyl (C=O) groups is 1. The highest BCUT2D eigenvalue weighted by Crippen LogP contribution is 2.61. The first-order valence-electron chi connectivity index (χ1n) is 6.16. The molecule has 1 N–H and O–H groups in total. The van der Waals surface area contributed by atoms with Crippen LogP contribution >= 0.6 is 11.6 Å². The Balaban J connectivity index is 1.61. The van der Waals surface area contributed by atoms with Crippen molar-refractivity contribution in [3.8, 4) is 0 Å². The maximum atomic E-state index is 12.0. The highest BCUT2D eigenvalue weighted by atomic mass is 35.5. The van der Waals surface area contributed by atoms with E-state index in [2.05, 4.69) is 24.1 Å². The van der Waals surface area contributed by atoms with Crippen molar-refractivity contribution in [3.05, 3.63) is 23.4 Å². The van der Waals surface area contributed by atoms with Crippen molar-refractivity contribution in [2.45, 2.75) is 13.8 Å². The van der Waals surface area contributed by atoms with Crippen molar-refractivity contribution in [2.75, 3.05) is 18.4 Å². The second-order valence-corrected chi connectivity index (χ2v) is 6.17. The average molecular weight is 266 g/mol. The lowest BCUT2D eigenvalue weighted by Crippen LogP contribution is -2.36. The summed E-state index contributed by atoms with van der Waals surface area (Å²) in [7, 11) is 0. The zero-order valence-electron chi connectivity index (χ0n) is 10.5. The number of likely N-dealkylation sites (tertiary alicyclic amines) is 1. The number of fused-ring (bicyclic) bond motifs is 1. The largest absolute Gasteiger partial charge is 0.324 e. The minimum atomic E-state index is -0.0761. The van der Waals surface area contributed by atoms with Crippen LogP contribution in [0.25, 0.3) is 0 Å². The molecule has 1 aliphatic carbocycles. The van der Waals surface area contributed by atoms with Crippen molar-refractivity contribution in [3.63, 3.8) is 0 Å².